The lowest BCUT2D eigenvalue weighted by molar-refractivity contribution is -0.124. The zero-order valence-corrected chi connectivity index (χ0v) is 17.9. The number of aromatic nitrogens is 2. The van der Waals surface area contributed by atoms with Crippen molar-refractivity contribution in [1.29, 1.82) is 0 Å². The first kappa shape index (κ1) is 19.8. The number of nitrogens with zero attached hydrogens (tertiary/aromatic N) is 2. The van der Waals surface area contributed by atoms with Crippen molar-refractivity contribution in [3.8, 4) is 11.3 Å². The summed E-state index contributed by atoms with van der Waals surface area (Å²) in [7, 11) is 0. The molecule has 0 saturated carbocycles. The molecule has 0 bridgehead atoms. The third-order valence-corrected chi connectivity index (χ3v) is 5.71. The molecule has 0 radical (unpaired) electrons. The Labute approximate surface area is 184 Å². The van der Waals surface area contributed by atoms with Gasteiger partial charge in [0.05, 0.1) is 6.54 Å². The molecule has 3 heterocycles. The summed E-state index contributed by atoms with van der Waals surface area (Å²) in [5.41, 5.74) is 3.64. The van der Waals surface area contributed by atoms with Crippen molar-refractivity contribution in [3.63, 3.8) is 0 Å². The fourth-order valence-electron chi connectivity index (χ4n) is 3.93. The Morgan fingerprint density at radius 2 is 2.06 bits per heavy atom. The summed E-state index contributed by atoms with van der Waals surface area (Å²) < 4.78 is 13.5. The minimum atomic E-state index is -0.391. The first-order chi connectivity index (χ1) is 15.1. The van der Waals surface area contributed by atoms with E-state index in [2.05, 4.69) is 10.4 Å². The molecule has 1 N–H and O–H groups in total. The maximum absolute atomic E-state index is 12.3. The van der Waals surface area contributed by atoms with Gasteiger partial charge in [0.1, 0.15) is 17.4 Å². The van der Waals surface area contributed by atoms with Gasteiger partial charge < -0.3 is 14.5 Å². The van der Waals surface area contributed by atoms with E-state index in [4.69, 9.17) is 20.8 Å². The van der Waals surface area contributed by atoms with E-state index in [1.165, 1.54) is 0 Å². The summed E-state index contributed by atoms with van der Waals surface area (Å²) in [6, 6.07) is 17.6. The van der Waals surface area contributed by atoms with Gasteiger partial charge in [-0.2, -0.15) is 5.10 Å². The minimum absolute atomic E-state index is 0.147. The molecular formula is C24H22ClN3O3. The maximum Gasteiger partial charge on any atom is 0.254 e. The first-order valence-corrected chi connectivity index (χ1v) is 10.7. The van der Waals surface area contributed by atoms with Crippen molar-refractivity contribution in [1.82, 2.24) is 9.78 Å². The summed E-state index contributed by atoms with van der Waals surface area (Å²) in [4.78, 5) is 12.3. The van der Waals surface area contributed by atoms with E-state index in [-0.39, 0.29) is 5.91 Å². The Hall–Kier alpha value is -3.09. The lowest BCUT2D eigenvalue weighted by Crippen LogP contribution is -2.27. The normalized spacial score (nSPS) is 16.1. The number of nitrogens with one attached hydrogen (secondary N) is 1. The zero-order valence-electron chi connectivity index (χ0n) is 17.1. The molecule has 2 aromatic carbocycles. The standard InChI is InChI=1S/C24H22ClN3O3/c1-15-10-22(26-24(29)20-8-5-9-30-20)27-28(15)14-18-12-19(25)11-17-13-21(31-23(17)18)16-6-3-2-4-7-16/h2-4,6-7,10-13,20H,5,8-9,14H2,1H3,(H,26,27,29). The molecule has 2 aromatic heterocycles. The molecule has 6 nitrogen and oxygen atoms in total. The molecule has 1 aliphatic rings. The molecule has 158 valence electrons. The van der Waals surface area contributed by atoms with Crippen LogP contribution < -0.4 is 5.32 Å². The number of carbonyl (C=O) groups is 1. The summed E-state index contributed by atoms with van der Waals surface area (Å²) in [6.07, 6.45) is 1.26. The number of carbonyl (C=O) groups excluding carboxylic acids is 1. The number of ether oxygens (including phenoxy) is 1. The van der Waals surface area contributed by atoms with Crippen molar-refractivity contribution < 1.29 is 13.9 Å². The van der Waals surface area contributed by atoms with E-state index in [0.717, 1.165) is 46.4 Å². The number of benzene rings is 2. The molecule has 1 atom stereocenters. The average molecular weight is 436 g/mol. The second-order valence-electron chi connectivity index (χ2n) is 7.78. The van der Waals surface area contributed by atoms with Crippen molar-refractivity contribution in [3.05, 3.63) is 70.9 Å². The molecule has 1 unspecified atom stereocenters. The second-order valence-corrected chi connectivity index (χ2v) is 8.22. The van der Waals surface area contributed by atoms with Gasteiger partial charge >= 0.3 is 0 Å². The maximum atomic E-state index is 12.3. The first-order valence-electron chi connectivity index (χ1n) is 10.3. The zero-order chi connectivity index (χ0) is 21.4. The Bertz CT molecular complexity index is 1240. The number of hydrogen-bond acceptors (Lipinski definition) is 4. The van der Waals surface area contributed by atoms with Crippen LogP contribution >= 0.6 is 11.6 Å². The molecule has 4 aromatic rings. The van der Waals surface area contributed by atoms with Crippen LogP contribution in [0.2, 0.25) is 5.02 Å². The summed E-state index contributed by atoms with van der Waals surface area (Å²) in [5.74, 6) is 1.16. The quantitative estimate of drug-likeness (QED) is 0.454. The van der Waals surface area contributed by atoms with Crippen LogP contribution in [-0.4, -0.2) is 28.4 Å². The molecule has 1 saturated heterocycles. The van der Waals surface area contributed by atoms with Gasteiger partial charge in [0, 0.05) is 39.9 Å². The van der Waals surface area contributed by atoms with Crippen molar-refractivity contribution >= 4 is 34.3 Å². The van der Waals surface area contributed by atoms with Crippen molar-refractivity contribution in [2.75, 3.05) is 11.9 Å². The van der Waals surface area contributed by atoms with Crippen molar-refractivity contribution in [2.45, 2.75) is 32.4 Å². The molecule has 5 rings (SSSR count). The summed E-state index contributed by atoms with van der Waals surface area (Å²) in [5, 5.41) is 9.00. The van der Waals surface area contributed by atoms with Gasteiger partial charge in [-0.25, -0.2) is 0 Å². The van der Waals surface area contributed by atoms with E-state index in [0.29, 0.717) is 24.0 Å². The molecule has 1 aliphatic heterocycles. The Morgan fingerprint density at radius 1 is 1.23 bits per heavy atom. The third kappa shape index (κ3) is 4.09. The van der Waals surface area contributed by atoms with E-state index in [1.807, 2.05) is 66.2 Å². The highest BCUT2D eigenvalue weighted by molar-refractivity contribution is 6.31. The fourth-order valence-corrected chi connectivity index (χ4v) is 4.18. The van der Waals surface area contributed by atoms with Crippen LogP contribution in [0.5, 0.6) is 0 Å². The molecule has 1 amide bonds. The Balaban J connectivity index is 1.43. The fraction of sp³-hybridized carbons (Fsp3) is 0.250. The molecule has 7 heteroatoms. The highest BCUT2D eigenvalue weighted by Crippen LogP contribution is 2.32. The topological polar surface area (TPSA) is 69.3 Å². The van der Waals surface area contributed by atoms with Crippen LogP contribution in [0, 0.1) is 6.92 Å². The van der Waals surface area contributed by atoms with Crippen LogP contribution in [0.15, 0.2) is 59.0 Å². The molecule has 1 fully saturated rings. The predicted molar refractivity (Wildman–Crippen MR) is 120 cm³/mol. The molecule has 0 aliphatic carbocycles. The number of furan rings is 1. The number of halogens is 1. The van der Waals surface area contributed by atoms with Crippen molar-refractivity contribution in [2.24, 2.45) is 0 Å². The van der Waals surface area contributed by atoms with Crippen LogP contribution in [0.25, 0.3) is 22.3 Å². The third-order valence-electron chi connectivity index (χ3n) is 5.49. The highest BCUT2D eigenvalue weighted by atomic mass is 35.5. The molecule has 31 heavy (non-hydrogen) atoms. The van der Waals surface area contributed by atoms with Gasteiger partial charge in [0.25, 0.3) is 5.91 Å². The predicted octanol–water partition coefficient (Wildman–Crippen LogP) is 5.42. The molecule has 0 spiro atoms. The number of fused-ring (bicyclic) bond motifs is 1. The van der Waals surface area contributed by atoms with Crippen LogP contribution in [0.4, 0.5) is 5.82 Å². The largest absolute Gasteiger partial charge is 0.456 e. The number of amides is 1. The van der Waals surface area contributed by atoms with E-state index < -0.39 is 6.10 Å². The van der Waals surface area contributed by atoms with Crippen LogP contribution in [0.1, 0.15) is 24.1 Å². The second kappa shape index (κ2) is 8.21. The number of aryl methyl sites for hydroxylation is 1. The minimum Gasteiger partial charge on any atom is -0.456 e. The lowest BCUT2D eigenvalue weighted by Gasteiger charge is -2.08. The van der Waals surface area contributed by atoms with Gasteiger partial charge in [-0.05, 0) is 38.0 Å². The average Bonchev–Trinajstić information content (AvgIpc) is 3.49. The van der Waals surface area contributed by atoms with Gasteiger partial charge in [-0.15, -0.1) is 0 Å². The van der Waals surface area contributed by atoms with Crippen LogP contribution in [-0.2, 0) is 16.1 Å². The van der Waals surface area contributed by atoms with E-state index >= 15 is 0 Å². The van der Waals surface area contributed by atoms with E-state index in [9.17, 15) is 4.79 Å². The van der Waals surface area contributed by atoms with Gasteiger partial charge in [0.15, 0.2) is 5.82 Å². The lowest BCUT2D eigenvalue weighted by atomic mass is 10.1. The molecular weight excluding hydrogens is 414 g/mol. The number of anilines is 1. The summed E-state index contributed by atoms with van der Waals surface area (Å²) >= 11 is 6.39. The van der Waals surface area contributed by atoms with Crippen LogP contribution in [0.3, 0.4) is 0 Å². The SMILES string of the molecule is Cc1cc(NC(=O)C2CCCO2)nn1Cc1cc(Cl)cc2cc(-c3ccccc3)oc12. The number of hydrogen-bond donors (Lipinski definition) is 1. The highest BCUT2D eigenvalue weighted by Gasteiger charge is 2.24. The van der Waals surface area contributed by atoms with E-state index in [1.54, 1.807) is 0 Å². The van der Waals surface area contributed by atoms with Gasteiger partial charge in [-0.3, -0.25) is 9.48 Å². The van der Waals surface area contributed by atoms with Gasteiger partial charge in [-0.1, -0.05) is 41.9 Å². The Morgan fingerprint density at radius 3 is 2.84 bits per heavy atom. The Kier molecular flexibility index (Phi) is 5.26. The summed E-state index contributed by atoms with van der Waals surface area (Å²) in [6.45, 7) is 3.05. The monoisotopic (exact) mass is 435 g/mol. The number of rotatable bonds is 5. The smallest absolute Gasteiger partial charge is 0.254 e. The van der Waals surface area contributed by atoms with Gasteiger partial charge in [0.2, 0.25) is 0 Å².